The smallest absolute Gasteiger partial charge is 0.234 e. The highest BCUT2D eigenvalue weighted by Crippen LogP contribution is 2.29. The molecule has 1 aliphatic carbocycles. The van der Waals surface area contributed by atoms with Crippen molar-refractivity contribution in [1.29, 1.82) is 0 Å². The van der Waals surface area contributed by atoms with E-state index in [1.54, 1.807) is 12.1 Å². The van der Waals surface area contributed by atoms with E-state index in [-0.39, 0.29) is 23.3 Å². The van der Waals surface area contributed by atoms with Crippen LogP contribution in [-0.2, 0) is 4.79 Å². The van der Waals surface area contributed by atoms with Crippen molar-refractivity contribution < 1.29 is 13.6 Å². The van der Waals surface area contributed by atoms with Crippen LogP contribution in [0.1, 0.15) is 25.7 Å². The number of halogens is 2. The second-order valence-electron chi connectivity index (χ2n) is 7.50. The SMILES string of the molecule is O=C(CSC1=NCN(C2CCCC2)CN1c1ccc(F)cc1)Nc1ccc(F)cc1. The van der Waals surface area contributed by atoms with Crippen molar-refractivity contribution in [3.8, 4) is 0 Å². The molecule has 4 rings (SSSR count). The quantitative estimate of drug-likeness (QED) is 0.749. The van der Waals surface area contributed by atoms with Crippen molar-refractivity contribution in [3.05, 3.63) is 60.2 Å². The molecule has 1 fully saturated rings. The first-order chi connectivity index (χ1) is 14.6. The Morgan fingerprint density at radius 2 is 1.67 bits per heavy atom. The number of aliphatic imine (C=N–C) groups is 1. The molecule has 1 heterocycles. The minimum absolute atomic E-state index is 0.178. The number of anilines is 2. The van der Waals surface area contributed by atoms with E-state index in [9.17, 15) is 13.6 Å². The number of thioether (sulfide) groups is 1. The zero-order valence-corrected chi connectivity index (χ0v) is 17.4. The molecule has 2 aromatic carbocycles. The lowest BCUT2D eigenvalue weighted by Gasteiger charge is -2.38. The molecule has 0 atom stereocenters. The summed E-state index contributed by atoms with van der Waals surface area (Å²) in [5.74, 6) is -0.641. The number of amidine groups is 1. The molecule has 30 heavy (non-hydrogen) atoms. The van der Waals surface area contributed by atoms with Crippen molar-refractivity contribution in [1.82, 2.24) is 4.90 Å². The molecule has 1 N–H and O–H groups in total. The Kier molecular flexibility index (Phi) is 6.64. The van der Waals surface area contributed by atoms with E-state index in [1.165, 1.54) is 73.8 Å². The number of carbonyl (C=O) groups excluding carboxylic acids is 1. The second kappa shape index (κ2) is 9.57. The zero-order valence-electron chi connectivity index (χ0n) is 16.6. The zero-order chi connectivity index (χ0) is 20.9. The Bertz CT molecular complexity index is 898. The van der Waals surface area contributed by atoms with Gasteiger partial charge >= 0.3 is 0 Å². The maximum atomic E-state index is 13.4. The van der Waals surface area contributed by atoms with Gasteiger partial charge in [-0.1, -0.05) is 24.6 Å². The van der Waals surface area contributed by atoms with Gasteiger partial charge in [0.1, 0.15) is 11.6 Å². The summed E-state index contributed by atoms with van der Waals surface area (Å²) in [6.45, 7) is 1.27. The van der Waals surface area contributed by atoms with Gasteiger partial charge in [0, 0.05) is 17.4 Å². The van der Waals surface area contributed by atoms with Gasteiger partial charge in [-0.05, 0) is 61.4 Å². The minimum atomic E-state index is -0.347. The fraction of sp³-hybridized carbons (Fsp3) is 0.364. The van der Waals surface area contributed by atoms with E-state index in [0.717, 1.165) is 10.9 Å². The van der Waals surface area contributed by atoms with Crippen LogP contribution in [0.15, 0.2) is 53.5 Å². The van der Waals surface area contributed by atoms with Crippen LogP contribution in [0, 0.1) is 11.6 Å². The van der Waals surface area contributed by atoms with Crippen molar-refractivity contribution in [2.45, 2.75) is 31.7 Å². The molecule has 1 amide bonds. The third kappa shape index (κ3) is 5.17. The number of hydrogen-bond donors (Lipinski definition) is 1. The summed E-state index contributed by atoms with van der Waals surface area (Å²) in [7, 11) is 0. The standard InChI is InChI=1S/C22H24F2N4OS/c23-16-5-9-18(10-6-16)26-21(29)13-30-22-25-14-27(19-3-1-2-4-19)15-28(22)20-11-7-17(24)8-12-20/h5-12,19H,1-4,13-15H2,(H,26,29). The van der Waals surface area contributed by atoms with Crippen LogP contribution in [0.4, 0.5) is 20.2 Å². The highest BCUT2D eigenvalue weighted by Gasteiger charge is 2.29. The summed E-state index contributed by atoms with van der Waals surface area (Å²) in [6, 6.07) is 12.5. The van der Waals surface area contributed by atoms with Gasteiger partial charge in [-0.25, -0.2) is 13.8 Å². The number of benzene rings is 2. The highest BCUT2D eigenvalue weighted by molar-refractivity contribution is 8.14. The van der Waals surface area contributed by atoms with E-state index in [0.29, 0.717) is 25.1 Å². The molecule has 1 aliphatic heterocycles. The summed E-state index contributed by atoms with van der Waals surface area (Å²) < 4.78 is 26.4. The van der Waals surface area contributed by atoms with Crippen LogP contribution >= 0.6 is 11.8 Å². The molecule has 5 nitrogen and oxygen atoms in total. The minimum Gasteiger partial charge on any atom is -0.325 e. The third-order valence-corrected chi connectivity index (χ3v) is 6.40. The number of rotatable bonds is 5. The molecule has 158 valence electrons. The summed E-state index contributed by atoms with van der Waals surface area (Å²) in [6.07, 6.45) is 4.84. The molecule has 0 bridgehead atoms. The van der Waals surface area contributed by atoms with Gasteiger partial charge < -0.3 is 10.2 Å². The molecule has 0 unspecified atom stereocenters. The lowest BCUT2D eigenvalue weighted by molar-refractivity contribution is -0.113. The molecule has 0 spiro atoms. The Hall–Kier alpha value is -2.45. The predicted octanol–water partition coefficient (Wildman–Crippen LogP) is 4.67. The van der Waals surface area contributed by atoms with Crippen LogP contribution in [0.3, 0.4) is 0 Å². The molecular formula is C22H24F2N4OS. The largest absolute Gasteiger partial charge is 0.325 e. The Balaban J connectivity index is 1.43. The molecule has 2 aromatic rings. The molecule has 0 aromatic heterocycles. The van der Waals surface area contributed by atoms with Crippen LogP contribution in [-0.4, -0.2) is 41.1 Å². The van der Waals surface area contributed by atoms with Crippen molar-refractivity contribution in [2.24, 2.45) is 4.99 Å². The molecule has 0 saturated heterocycles. The van der Waals surface area contributed by atoms with Gasteiger partial charge in [0.15, 0.2) is 5.17 Å². The number of nitrogens with zero attached hydrogens (tertiary/aromatic N) is 3. The summed E-state index contributed by atoms with van der Waals surface area (Å²) in [4.78, 5) is 21.5. The Labute approximate surface area is 179 Å². The highest BCUT2D eigenvalue weighted by atomic mass is 32.2. The normalized spacial score (nSPS) is 17.8. The lowest BCUT2D eigenvalue weighted by Crippen LogP contribution is -2.49. The molecule has 8 heteroatoms. The fourth-order valence-corrected chi connectivity index (χ4v) is 4.62. The first-order valence-corrected chi connectivity index (χ1v) is 11.1. The Morgan fingerprint density at radius 3 is 2.33 bits per heavy atom. The number of carbonyl (C=O) groups is 1. The predicted molar refractivity (Wildman–Crippen MR) is 118 cm³/mol. The van der Waals surface area contributed by atoms with E-state index >= 15 is 0 Å². The van der Waals surface area contributed by atoms with Gasteiger partial charge in [0.05, 0.1) is 19.1 Å². The van der Waals surface area contributed by atoms with Gasteiger partial charge in [0.25, 0.3) is 0 Å². The van der Waals surface area contributed by atoms with E-state index in [2.05, 4.69) is 10.2 Å². The van der Waals surface area contributed by atoms with E-state index in [1.807, 2.05) is 4.90 Å². The second-order valence-corrected chi connectivity index (χ2v) is 8.44. The molecule has 0 radical (unpaired) electrons. The van der Waals surface area contributed by atoms with Crippen molar-refractivity contribution in [3.63, 3.8) is 0 Å². The monoisotopic (exact) mass is 430 g/mol. The van der Waals surface area contributed by atoms with Crippen LogP contribution in [0.2, 0.25) is 0 Å². The summed E-state index contributed by atoms with van der Waals surface area (Å²) in [5.41, 5.74) is 1.40. The molecule has 1 saturated carbocycles. The fourth-order valence-electron chi connectivity index (χ4n) is 3.82. The van der Waals surface area contributed by atoms with E-state index in [4.69, 9.17) is 4.99 Å². The van der Waals surface area contributed by atoms with Gasteiger partial charge in [-0.15, -0.1) is 0 Å². The first-order valence-electron chi connectivity index (χ1n) is 10.1. The molecule has 2 aliphatic rings. The summed E-state index contributed by atoms with van der Waals surface area (Å²) >= 11 is 1.35. The van der Waals surface area contributed by atoms with Gasteiger partial charge in [-0.2, -0.15) is 0 Å². The van der Waals surface area contributed by atoms with Crippen LogP contribution < -0.4 is 10.2 Å². The average molecular weight is 431 g/mol. The lowest BCUT2D eigenvalue weighted by atomic mass is 10.2. The average Bonchev–Trinajstić information content (AvgIpc) is 3.29. The summed E-state index contributed by atoms with van der Waals surface area (Å²) in [5, 5.41) is 3.51. The number of nitrogens with one attached hydrogen (secondary N) is 1. The maximum absolute atomic E-state index is 13.4. The van der Waals surface area contributed by atoms with Gasteiger partial charge in [-0.3, -0.25) is 9.69 Å². The van der Waals surface area contributed by atoms with E-state index < -0.39 is 0 Å². The number of amides is 1. The van der Waals surface area contributed by atoms with Crippen molar-refractivity contribution in [2.75, 3.05) is 29.3 Å². The maximum Gasteiger partial charge on any atom is 0.234 e. The molecular weight excluding hydrogens is 406 g/mol. The first kappa shape index (κ1) is 20.8. The van der Waals surface area contributed by atoms with Crippen LogP contribution in [0.25, 0.3) is 0 Å². The van der Waals surface area contributed by atoms with Crippen molar-refractivity contribution >= 4 is 34.2 Å². The van der Waals surface area contributed by atoms with Gasteiger partial charge in [0.2, 0.25) is 5.91 Å². The Morgan fingerprint density at radius 1 is 1.03 bits per heavy atom. The topological polar surface area (TPSA) is 47.9 Å². The third-order valence-electron chi connectivity index (χ3n) is 5.38. The van der Waals surface area contributed by atoms with Crippen LogP contribution in [0.5, 0.6) is 0 Å². The number of hydrogen-bond acceptors (Lipinski definition) is 5.